The van der Waals surface area contributed by atoms with Crippen LogP contribution in [0.25, 0.3) is 0 Å². The number of piperidine rings is 1. The van der Waals surface area contributed by atoms with Crippen molar-refractivity contribution in [1.29, 1.82) is 0 Å². The molecule has 3 rings (SSSR count). The quantitative estimate of drug-likeness (QED) is 0.918. The third-order valence-electron chi connectivity index (χ3n) is 4.93. The van der Waals surface area contributed by atoms with E-state index in [4.69, 9.17) is 10.5 Å². The van der Waals surface area contributed by atoms with E-state index in [0.29, 0.717) is 25.1 Å². The maximum atomic E-state index is 14.0. The SMILES string of the molecule is NC1CCN(C(=O)C(OC2CCCC2(F)F)c2ccccc2)CC1. The van der Waals surface area contributed by atoms with Crippen LogP contribution in [-0.4, -0.2) is 42.0 Å². The van der Waals surface area contributed by atoms with Gasteiger partial charge in [-0.25, -0.2) is 8.78 Å². The highest BCUT2D eigenvalue weighted by atomic mass is 19.3. The van der Waals surface area contributed by atoms with E-state index in [1.54, 1.807) is 29.2 Å². The van der Waals surface area contributed by atoms with Crippen molar-refractivity contribution in [1.82, 2.24) is 4.90 Å². The summed E-state index contributed by atoms with van der Waals surface area (Å²) in [5, 5.41) is 0. The molecule has 0 spiro atoms. The monoisotopic (exact) mass is 338 g/mol. The first-order valence-electron chi connectivity index (χ1n) is 8.60. The summed E-state index contributed by atoms with van der Waals surface area (Å²) in [4.78, 5) is 14.6. The Kier molecular flexibility index (Phi) is 5.15. The van der Waals surface area contributed by atoms with Crippen LogP contribution in [0.3, 0.4) is 0 Å². The number of alkyl halides is 2. The first-order valence-corrected chi connectivity index (χ1v) is 8.60. The minimum Gasteiger partial charge on any atom is -0.354 e. The summed E-state index contributed by atoms with van der Waals surface area (Å²) >= 11 is 0. The molecule has 1 aliphatic heterocycles. The number of rotatable bonds is 4. The first-order chi connectivity index (χ1) is 11.5. The molecular formula is C18H24F2N2O2. The zero-order valence-electron chi connectivity index (χ0n) is 13.7. The van der Waals surface area contributed by atoms with E-state index >= 15 is 0 Å². The van der Waals surface area contributed by atoms with Gasteiger partial charge in [0.05, 0.1) is 0 Å². The zero-order valence-corrected chi connectivity index (χ0v) is 13.7. The zero-order chi connectivity index (χ0) is 17.2. The maximum Gasteiger partial charge on any atom is 0.273 e. The van der Waals surface area contributed by atoms with Crippen LogP contribution < -0.4 is 5.73 Å². The summed E-state index contributed by atoms with van der Waals surface area (Å²) in [5.74, 6) is -3.10. The Bertz CT molecular complexity index is 559. The van der Waals surface area contributed by atoms with E-state index in [1.165, 1.54) is 0 Å². The second kappa shape index (κ2) is 7.15. The Morgan fingerprint density at radius 2 is 1.88 bits per heavy atom. The Morgan fingerprint density at radius 3 is 2.46 bits per heavy atom. The Labute approximate surface area is 141 Å². The molecule has 1 saturated carbocycles. The molecule has 2 N–H and O–H groups in total. The molecule has 1 amide bonds. The van der Waals surface area contributed by atoms with Gasteiger partial charge in [0.1, 0.15) is 6.10 Å². The van der Waals surface area contributed by atoms with Gasteiger partial charge in [0.2, 0.25) is 0 Å². The van der Waals surface area contributed by atoms with E-state index < -0.39 is 18.1 Å². The highest BCUT2D eigenvalue weighted by Gasteiger charge is 2.47. The minimum atomic E-state index is -2.86. The van der Waals surface area contributed by atoms with E-state index in [0.717, 1.165) is 12.8 Å². The molecule has 1 saturated heterocycles. The molecule has 2 aliphatic rings. The van der Waals surface area contributed by atoms with Crippen molar-refractivity contribution in [2.24, 2.45) is 5.73 Å². The molecule has 1 heterocycles. The maximum absolute atomic E-state index is 14.0. The number of carbonyl (C=O) groups is 1. The van der Waals surface area contributed by atoms with E-state index in [2.05, 4.69) is 0 Å². The molecular weight excluding hydrogens is 314 g/mol. The molecule has 1 aromatic carbocycles. The number of carbonyl (C=O) groups excluding carboxylic acids is 1. The van der Waals surface area contributed by atoms with Crippen LogP contribution in [0.1, 0.15) is 43.8 Å². The number of amides is 1. The van der Waals surface area contributed by atoms with Crippen LogP contribution >= 0.6 is 0 Å². The number of hydrogen-bond donors (Lipinski definition) is 1. The molecule has 1 aliphatic carbocycles. The minimum absolute atomic E-state index is 0.101. The molecule has 2 atom stereocenters. The predicted octanol–water partition coefficient (Wildman–Crippen LogP) is 2.88. The average Bonchev–Trinajstić information content (AvgIpc) is 2.92. The van der Waals surface area contributed by atoms with Crippen molar-refractivity contribution in [3.05, 3.63) is 35.9 Å². The van der Waals surface area contributed by atoms with Gasteiger partial charge in [0, 0.05) is 25.6 Å². The first kappa shape index (κ1) is 17.3. The molecule has 0 aromatic heterocycles. The largest absolute Gasteiger partial charge is 0.354 e. The lowest BCUT2D eigenvalue weighted by Gasteiger charge is -2.34. The van der Waals surface area contributed by atoms with Crippen molar-refractivity contribution in [2.75, 3.05) is 13.1 Å². The lowest BCUT2D eigenvalue weighted by molar-refractivity contribution is -0.169. The summed E-state index contributed by atoms with van der Waals surface area (Å²) in [7, 11) is 0. The van der Waals surface area contributed by atoms with Gasteiger partial charge in [-0.2, -0.15) is 0 Å². The number of halogens is 2. The molecule has 132 valence electrons. The topological polar surface area (TPSA) is 55.6 Å². The standard InChI is InChI=1S/C18H24F2N2O2/c19-18(20)10-4-7-15(18)24-16(13-5-2-1-3-6-13)17(23)22-11-8-14(21)9-12-22/h1-3,5-6,14-16H,4,7-12,21H2. The number of nitrogens with zero attached hydrogens (tertiary/aromatic N) is 1. The second-order valence-corrected chi connectivity index (χ2v) is 6.73. The smallest absolute Gasteiger partial charge is 0.273 e. The third-order valence-corrected chi connectivity index (χ3v) is 4.93. The summed E-state index contributed by atoms with van der Waals surface area (Å²) in [6.45, 7) is 1.10. The number of benzene rings is 1. The van der Waals surface area contributed by atoms with Gasteiger partial charge in [0.25, 0.3) is 11.8 Å². The molecule has 6 heteroatoms. The molecule has 4 nitrogen and oxygen atoms in total. The molecule has 1 aromatic rings. The lowest BCUT2D eigenvalue weighted by Crippen LogP contribution is -2.46. The van der Waals surface area contributed by atoms with Gasteiger partial charge in [-0.1, -0.05) is 30.3 Å². The van der Waals surface area contributed by atoms with Crippen LogP contribution in [0.2, 0.25) is 0 Å². The number of hydrogen-bond acceptors (Lipinski definition) is 3. The van der Waals surface area contributed by atoms with Crippen molar-refractivity contribution in [3.63, 3.8) is 0 Å². The summed E-state index contributed by atoms with van der Waals surface area (Å²) in [5.41, 5.74) is 6.51. The molecule has 0 bridgehead atoms. The van der Waals surface area contributed by atoms with Crippen molar-refractivity contribution in [3.8, 4) is 0 Å². The van der Waals surface area contributed by atoms with Crippen LogP contribution in [0, 0.1) is 0 Å². The molecule has 24 heavy (non-hydrogen) atoms. The highest BCUT2D eigenvalue weighted by Crippen LogP contribution is 2.40. The third kappa shape index (κ3) is 3.75. The summed E-state index contributed by atoms with van der Waals surface area (Å²) in [6, 6.07) is 9.02. The van der Waals surface area contributed by atoms with Gasteiger partial charge in [0.15, 0.2) is 6.10 Å². The molecule has 0 radical (unpaired) electrons. The second-order valence-electron chi connectivity index (χ2n) is 6.73. The van der Waals surface area contributed by atoms with Gasteiger partial charge in [-0.3, -0.25) is 4.79 Å². The number of ether oxygens (including phenoxy) is 1. The Balaban J connectivity index is 1.78. The van der Waals surface area contributed by atoms with Gasteiger partial charge in [-0.05, 0) is 31.2 Å². The van der Waals surface area contributed by atoms with Crippen LogP contribution in [0.15, 0.2) is 30.3 Å². The Morgan fingerprint density at radius 1 is 1.21 bits per heavy atom. The van der Waals surface area contributed by atoms with Gasteiger partial charge in [-0.15, -0.1) is 0 Å². The van der Waals surface area contributed by atoms with Crippen LogP contribution in [-0.2, 0) is 9.53 Å². The Hall–Kier alpha value is -1.53. The van der Waals surface area contributed by atoms with Crippen molar-refractivity contribution >= 4 is 5.91 Å². The summed E-state index contributed by atoms with van der Waals surface area (Å²) in [6.07, 6.45) is -0.181. The normalized spacial score (nSPS) is 25.6. The van der Waals surface area contributed by atoms with Crippen molar-refractivity contribution < 1.29 is 18.3 Å². The molecule has 2 unspecified atom stereocenters. The van der Waals surface area contributed by atoms with Gasteiger partial charge >= 0.3 is 0 Å². The fourth-order valence-electron chi connectivity index (χ4n) is 3.42. The average molecular weight is 338 g/mol. The summed E-state index contributed by atoms with van der Waals surface area (Å²) < 4.78 is 33.6. The lowest BCUT2D eigenvalue weighted by atomic mass is 10.0. The van der Waals surface area contributed by atoms with Gasteiger partial charge < -0.3 is 15.4 Å². The fraction of sp³-hybridized carbons (Fsp3) is 0.611. The number of likely N-dealkylation sites (tertiary alicyclic amines) is 1. The van der Waals surface area contributed by atoms with E-state index in [1.807, 2.05) is 6.07 Å². The van der Waals surface area contributed by atoms with Crippen LogP contribution in [0.4, 0.5) is 8.78 Å². The fourth-order valence-corrected chi connectivity index (χ4v) is 3.42. The molecule has 2 fully saturated rings. The van der Waals surface area contributed by atoms with E-state index in [-0.39, 0.29) is 24.8 Å². The van der Waals surface area contributed by atoms with E-state index in [9.17, 15) is 13.6 Å². The van der Waals surface area contributed by atoms with Crippen LogP contribution in [0.5, 0.6) is 0 Å². The highest BCUT2D eigenvalue weighted by molar-refractivity contribution is 5.82. The predicted molar refractivity (Wildman–Crippen MR) is 86.6 cm³/mol. The van der Waals surface area contributed by atoms with Crippen molar-refractivity contribution in [2.45, 2.75) is 56.3 Å². The number of nitrogens with two attached hydrogens (primary N) is 1.